The summed E-state index contributed by atoms with van der Waals surface area (Å²) in [6, 6.07) is 4.92. The summed E-state index contributed by atoms with van der Waals surface area (Å²) in [5.41, 5.74) is 0. The number of carbonyl (C=O) groups excluding carboxylic acids is 1. The minimum atomic E-state index is -4.47. The third-order valence-electron chi connectivity index (χ3n) is 3.83. The number of hydrogen-bond acceptors (Lipinski definition) is 5. The van der Waals surface area contributed by atoms with E-state index >= 15 is 0 Å². The Kier molecular flexibility index (Phi) is 9.64. The molecular weight excluding hydrogens is 328 g/mol. The number of rotatable bonds is 12. The van der Waals surface area contributed by atoms with Gasteiger partial charge in [0.05, 0.1) is 4.90 Å². The van der Waals surface area contributed by atoms with Crippen LogP contribution in [0.2, 0.25) is 0 Å². The zero-order valence-electron chi connectivity index (χ0n) is 14.3. The Morgan fingerprint density at radius 1 is 0.917 bits per heavy atom. The molecule has 0 saturated heterocycles. The fourth-order valence-electron chi connectivity index (χ4n) is 2.44. The van der Waals surface area contributed by atoms with E-state index < -0.39 is 10.1 Å². The molecule has 1 rings (SSSR count). The van der Waals surface area contributed by atoms with Gasteiger partial charge in [0.1, 0.15) is 15.9 Å². The predicted molar refractivity (Wildman–Crippen MR) is 91.9 cm³/mol. The van der Waals surface area contributed by atoms with Crippen molar-refractivity contribution in [2.24, 2.45) is 0 Å². The molecule has 0 spiro atoms. The van der Waals surface area contributed by atoms with Gasteiger partial charge in [-0.15, -0.1) is 0 Å². The molecule has 5 nitrogen and oxygen atoms in total. The summed E-state index contributed by atoms with van der Waals surface area (Å²) in [6.45, 7) is 2.21. The first kappa shape index (κ1) is 20.6. The van der Waals surface area contributed by atoms with E-state index in [2.05, 4.69) is 6.92 Å². The Hall–Kier alpha value is -1.40. The van der Waals surface area contributed by atoms with Crippen molar-refractivity contribution in [1.29, 1.82) is 0 Å². The third-order valence-corrected chi connectivity index (χ3v) is 4.68. The number of carbonyl (C=O) groups is 1. The summed E-state index contributed by atoms with van der Waals surface area (Å²) in [7, 11) is -4.47. The Morgan fingerprint density at radius 2 is 1.42 bits per heavy atom. The lowest BCUT2D eigenvalue weighted by atomic mass is 10.1. The van der Waals surface area contributed by atoms with Crippen LogP contribution in [0.3, 0.4) is 0 Å². The monoisotopic (exact) mass is 355 g/mol. The first-order valence-corrected chi connectivity index (χ1v) is 10.1. The number of ether oxygens (including phenoxy) is 1. The van der Waals surface area contributed by atoms with Gasteiger partial charge in [-0.05, 0) is 30.7 Å². The molecule has 24 heavy (non-hydrogen) atoms. The van der Waals surface area contributed by atoms with Crippen molar-refractivity contribution in [3.05, 3.63) is 24.3 Å². The van der Waals surface area contributed by atoms with E-state index in [0.717, 1.165) is 31.4 Å². The average Bonchev–Trinajstić information content (AvgIpc) is 2.53. The van der Waals surface area contributed by atoms with Crippen LogP contribution in [-0.4, -0.2) is 18.9 Å². The van der Waals surface area contributed by atoms with Crippen LogP contribution >= 0.6 is 0 Å². The molecule has 0 fully saturated rings. The summed E-state index contributed by atoms with van der Waals surface area (Å²) < 4.78 is 37.5. The van der Waals surface area contributed by atoms with E-state index in [4.69, 9.17) is 4.74 Å². The maximum atomic E-state index is 11.7. The van der Waals surface area contributed by atoms with Crippen molar-refractivity contribution in [3.8, 4) is 5.75 Å². The topological polar surface area (TPSA) is 83.5 Å². The molecule has 0 radical (unpaired) electrons. The number of benzene rings is 1. The fourth-order valence-corrected chi connectivity index (χ4v) is 2.91. The summed E-state index contributed by atoms with van der Waals surface area (Å²) in [4.78, 5) is 11.4. The maximum absolute atomic E-state index is 11.7. The van der Waals surface area contributed by atoms with E-state index in [1.165, 1.54) is 50.7 Å². The molecule has 0 amide bonds. The predicted octanol–water partition coefficient (Wildman–Crippen LogP) is 4.42. The van der Waals surface area contributed by atoms with Crippen LogP contribution in [0.1, 0.15) is 71.1 Å². The van der Waals surface area contributed by atoms with Gasteiger partial charge in [0, 0.05) is 6.42 Å². The Morgan fingerprint density at radius 3 is 1.92 bits per heavy atom. The summed E-state index contributed by atoms with van der Waals surface area (Å²) in [5.74, 6) is -0.0843. The Bertz CT molecular complexity index is 578. The van der Waals surface area contributed by atoms with Crippen molar-refractivity contribution >= 4 is 16.1 Å². The highest BCUT2D eigenvalue weighted by Gasteiger charge is 2.06. The minimum absolute atomic E-state index is 0.253. The molecule has 0 aliphatic rings. The van der Waals surface area contributed by atoms with Gasteiger partial charge in [-0.2, -0.15) is 0 Å². The minimum Gasteiger partial charge on any atom is -0.744 e. The molecule has 0 N–H and O–H groups in total. The van der Waals surface area contributed by atoms with Gasteiger partial charge in [-0.3, -0.25) is 4.79 Å². The number of unbranched alkanes of at least 4 members (excludes halogenated alkanes) is 8. The van der Waals surface area contributed by atoms with Crippen molar-refractivity contribution in [1.82, 2.24) is 0 Å². The summed E-state index contributed by atoms with van der Waals surface area (Å²) >= 11 is 0. The molecule has 0 unspecified atom stereocenters. The molecule has 136 valence electrons. The van der Waals surface area contributed by atoms with Gasteiger partial charge in [0.15, 0.2) is 0 Å². The quantitative estimate of drug-likeness (QED) is 0.240. The smallest absolute Gasteiger partial charge is 0.311 e. The van der Waals surface area contributed by atoms with Crippen molar-refractivity contribution in [2.75, 3.05) is 0 Å². The maximum Gasteiger partial charge on any atom is 0.311 e. The summed E-state index contributed by atoms with van der Waals surface area (Å²) in [5, 5.41) is 0. The molecule has 0 heterocycles. The van der Waals surface area contributed by atoms with Gasteiger partial charge in [0.25, 0.3) is 0 Å². The van der Waals surface area contributed by atoms with E-state index in [0.29, 0.717) is 6.42 Å². The van der Waals surface area contributed by atoms with Crippen LogP contribution in [-0.2, 0) is 14.9 Å². The van der Waals surface area contributed by atoms with Crippen molar-refractivity contribution < 1.29 is 22.5 Å². The highest BCUT2D eigenvalue weighted by Crippen LogP contribution is 2.17. The molecule has 1 aromatic carbocycles. The summed E-state index contributed by atoms with van der Waals surface area (Å²) in [6.07, 6.45) is 10.9. The Labute approximate surface area is 145 Å². The molecule has 0 aliphatic heterocycles. The average molecular weight is 355 g/mol. The van der Waals surface area contributed by atoms with E-state index in [1.54, 1.807) is 0 Å². The van der Waals surface area contributed by atoms with Gasteiger partial charge >= 0.3 is 5.97 Å². The highest BCUT2D eigenvalue weighted by atomic mass is 32.2. The lowest BCUT2D eigenvalue weighted by Gasteiger charge is -2.08. The Balaban J connectivity index is 2.14. The fraction of sp³-hybridized carbons (Fsp3) is 0.611. The van der Waals surface area contributed by atoms with Crippen LogP contribution in [0.5, 0.6) is 5.75 Å². The normalized spacial score (nSPS) is 11.4. The second kappa shape index (κ2) is 11.2. The second-order valence-corrected chi connectivity index (χ2v) is 7.36. The SMILES string of the molecule is CCCCCCCCCCCC(=O)Oc1ccc(S(=O)(=O)[O-])cc1. The van der Waals surface area contributed by atoms with Crippen LogP contribution in [0.25, 0.3) is 0 Å². The third kappa shape index (κ3) is 9.03. The van der Waals surface area contributed by atoms with Crippen LogP contribution in [0.15, 0.2) is 29.2 Å². The molecule has 0 atom stereocenters. The molecule has 0 aromatic heterocycles. The zero-order chi connectivity index (χ0) is 17.8. The van der Waals surface area contributed by atoms with Crippen LogP contribution in [0, 0.1) is 0 Å². The first-order valence-electron chi connectivity index (χ1n) is 8.70. The lowest BCUT2D eigenvalue weighted by Crippen LogP contribution is -2.07. The van der Waals surface area contributed by atoms with E-state index in [1.807, 2.05) is 0 Å². The van der Waals surface area contributed by atoms with Gasteiger partial charge < -0.3 is 9.29 Å². The largest absolute Gasteiger partial charge is 0.744 e. The van der Waals surface area contributed by atoms with Crippen molar-refractivity contribution in [2.45, 2.75) is 76.0 Å². The molecule has 0 aliphatic carbocycles. The second-order valence-electron chi connectivity index (χ2n) is 5.98. The molecule has 0 saturated carbocycles. The standard InChI is InChI=1S/C18H28O5S/c1-2-3-4-5-6-7-8-9-10-11-18(19)23-16-12-14-17(15-13-16)24(20,21)22/h12-15H,2-11H2,1H3,(H,20,21,22)/p-1. The van der Waals surface area contributed by atoms with Crippen LogP contribution in [0.4, 0.5) is 0 Å². The van der Waals surface area contributed by atoms with Gasteiger partial charge in [-0.25, -0.2) is 8.42 Å². The van der Waals surface area contributed by atoms with Crippen LogP contribution < -0.4 is 4.74 Å². The molecule has 0 bridgehead atoms. The zero-order valence-corrected chi connectivity index (χ0v) is 15.1. The van der Waals surface area contributed by atoms with E-state index in [-0.39, 0.29) is 16.6 Å². The highest BCUT2D eigenvalue weighted by molar-refractivity contribution is 7.85. The lowest BCUT2D eigenvalue weighted by molar-refractivity contribution is -0.134. The molecule has 6 heteroatoms. The first-order chi connectivity index (χ1) is 11.4. The number of hydrogen-bond donors (Lipinski definition) is 0. The van der Waals surface area contributed by atoms with Gasteiger partial charge in [0.2, 0.25) is 0 Å². The molecular formula is C18H27O5S-. The number of esters is 1. The van der Waals surface area contributed by atoms with E-state index in [9.17, 15) is 17.8 Å². The molecule has 1 aromatic rings. The van der Waals surface area contributed by atoms with Crippen molar-refractivity contribution in [3.63, 3.8) is 0 Å². The van der Waals surface area contributed by atoms with Gasteiger partial charge in [-0.1, -0.05) is 58.3 Å².